The van der Waals surface area contributed by atoms with Crippen molar-refractivity contribution in [3.8, 4) is 0 Å². The number of hydrogen-bond donors (Lipinski definition) is 6. The number of ether oxygens (including phenoxy) is 2. The van der Waals surface area contributed by atoms with Crippen LogP contribution in [0.5, 0.6) is 0 Å². The van der Waals surface area contributed by atoms with Crippen molar-refractivity contribution < 1.29 is 39.8 Å². The van der Waals surface area contributed by atoms with E-state index in [1.807, 2.05) is 6.08 Å². The van der Waals surface area contributed by atoms with Crippen molar-refractivity contribution in [2.24, 2.45) is 0 Å². The van der Waals surface area contributed by atoms with Gasteiger partial charge in [0.15, 0.2) is 6.29 Å². The molecule has 1 rings (SSSR count). The monoisotopic (exact) mass is 964 g/mol. The van der Waals surface area contributed by atoms with Crippen LogP contribution in [0.2, 0.25) is 0 Å². The Morgan fingerprint density at radius 2 is 0.838 bits per heavy atom. The fraction of sp³-hybridized carbons (Fsp3) is 0.915. The summed E-state index contributed by atoms with van der Waals surface area (Å²) in [6, 6.07) is -0.818. The van der Waals surface area contributed by atoms with Gasteiger partial charge in [-0.15, -0.1) is 0 Å². The van der Waals surface area contributed by atoms with Crippen LogP contribution in [0.3, 0.4) is 0 Å². The lowest BCUT2D eigenvalue weighted by molar-refractivity contribution is -0.302. The van der Waals surface area contributed by atoms with Crippen LogP contribution < -0.4 is 5.32 Å². The summed E-state index contributed by atoms with van der Waals surface area (Å²) in [5.74, 6) is -0.182. The molecule has 7 atom stereocenters. The van der Waals surface area contributed by atoms with E-state index in [0.717, 1.165) is 38.5 Å². The number of hydrogen-bond acceptors (Lipinski definition) is 8. The van der Waals surface area contributed by atoms with E-state index < -0.39 is 49.5 Å². The number of unbranched alkanes of at least 4 members (excludes halogenated alkanes) is 39. The molecule has 0 aromatic heterocycles. The second-order valence-corrected chi connectivity index (χ2v) is 20.8. The fourth-order valence-electron chi connectivity index (χ4n) is 9.59. The van der Waals surface area contributed by atoms with Crippen LogP contribution in [-0.4, -0.2) is 87.5 Å². The van der Waals surface area contributed by atoms with Crippen molar-refractivity contribution in [2.75, 3.05) is 13.2 Å². The number of carbonyl (C=O) groups is 1. The maximum atomic E-state index is 13.0. The van der Waals surface area contributed by atoms with Crippen LogP contribution in [0, 0.1) is 0 Å². The third-order valence-electron chi connectivity index (χ3n) is 14.3. The van der Waals surface area contributed by atoms with E-state index in [1.165, 1.54) is 231 Å². The Hall–Kier alpha value is -1.33. The van der Waals surface area contributed by atoms with Gasteiger partial charge in [0.25, 0.3) is 0 Å². The molecule has 1 fully saturated rings. The van der Waals surface area contributed by atoms with Crippen LogP contribution in [0.15, 0.2) is 24.3 Å². The second kappa shape index (κ2) is 49.3. The number of aliphatic hydroxyl groups is 5. The topological polar surface area (TPSA) is 149 Å². The Balaban J connectivity index is 2.19. The molecule has 68 heavy (non-hydrogen) atoms. The van der Waals surface area contributed by atoms with Crippen LogP contribution in [0.25, 0.3) is 0 Å². The molecule has 1 heterocycles. The van der Waals surface area contributed by atoms with Gasteiger partial charge < -0.3 is 40.3 Å². The van der Waals surface area contributed by atoms with E-state index in [2.05, 4.69) is 31.3 Å². The molecule has 0 radical (unpaired) electrons. The highest BCUT2D eigenvalue weighted by atomic mass is 16.7. The first kappa shape index (κ1) is 64.7. The maximum absolute atomic E-state index is 13.0. The van der Waals surface area contributed by atoms with E-state index >= 15 is 0 Å². The number of rotatable bonds is 51. The molecular weight excluding hydrogens is 851 g/mol. The number of aliphatic hydroxyl groups excluding tert-OH is 5. The van der Waals surface area contributed by atoms with Crippen molar-refractivity contribution >= 4 is 5.91 Å². The van der Waals surface area contributed by atoms with Gasteiger partial charge in [-0.1, -0.05) is 276 Å². The van der Waals surface area contributed by atoms with Crippen LogP contribution in [-0.2, 0) is 14.3 Å². The van der Waals surface area contributed by atoms with Crippen LogP contribution >= 0.6 is 0 Å². The summed E-state index contributed by atoms with van der Waals surface area (Å²) in [6.07, 6.45) is 55.5. The molecule has 7 unspecified atom stereocenters. The largest absolute Gasteiger partial charge is 0.394 e. The number of amides is 1. The first-order chi connectivity index (χ1) is 33.3. The van der Waals surface area contributed by atoms with Crippen molar-refractivity contribution in [3.05, 3.63) is 24.3 Å². The zero-order valence-electron chi connectivity index (χ0n) is 44.6. The zero-order chi connectivity index (χ0) is 49.4. The van der Waals surface area contributed by atoms with Crippen molar-refractivity contribution in [1.82, 2.24) is 5.32 Å². The van der Waals surface area contributed by atoms with Crippen molar-refractivity contribution in [2.45, 2.75) is 333 Å². The molecule has 0 saturated carbocycles. The number of allylic oxidation sites excluding steroid dienone is 3. The molecule has 9 nitrogen and oxygen atoms in total. The molecule has 1 aliphatic rings. The highest BCUT2D eigenvalue weighted by Gasteiger charge is 2.44. The summed E-state index contributed by atoms with van der Waals surface area (Å²) < 4.78 is 11.3. The van der Waals surface area contributed by atoms with E-state index in [9.17, 15) is 30.3 Å². The summed E-state index contributed by atoms with van der Waals surface area (Å²) in [4.78, 5) is 13.0. The predicted octanol–water partition coefficient (Wildman–Crippen LogP) is 14.6. The highest BCUT2D eigenvalue weighted by Crippen LogP contribution is 2.23. The minimum atomic E-state index is -1.57. The maximum Gasteiger partial charge on any atom is 0.220 e. The molecule has 6 N–H and O–H groups in total. The van der Waals surface area contributed by atoms with Crippen LogP contribution in [0.1, 0.15) is 290 Å². The molecule has 0 spiro atoms. The zero-order valence-corrected chi connectivity index (χ0v) is 44.6. The normalized spacial score (nSPS) is 19.7. The van der Waals surface area contributed by atoms with Gasteiger partial charge in [0, 0.05) is 6.42 Å². The molecule has 1 aliphatic heterocycles. The molecule has 1 amide bonds. The van der Waals surface area contributed by atoms with Gasteiger partial charge in [0.2, 0.25) is 5.91 Å². The van der Waals surface area contributed by atoms with Crippen molar-refractivity contribution in [3.63, 3.8) is 0 Å². The summed E-state index contributed by atoms with van der Waals surface area (Å²) in [5, 5.41) is 54.4. The molecule has 402 valence electrons. The molecule has 0 aromatic rings. The third kappa shape index (κ3) is 38.4. The molecule has 0 aliphatic carbocycles. The minimum absolute atomic E-state index is 0.182. The molecule has 1 saturated heterocycles. The lowest BCUT2D eigenvalue weighted by Crippen LogP contribution is -2.60. The van der Waals surface area contributed by atoms with Gasteiger partial charge in [0.05, 0.1) is 25.4 Å². The molecule has 0 bridgehead atoms. The summed E-state index contributed by atoms with van der Waals surface area (Å²) in [5.41, 5.74) is 0. The fourth-order valence-corrected chi connectivity index (χ4v) is 9.59. The van der Waals surface area contributed by atoms with Gasteiger partial charge in [-0.3, -0.25) is 4.79 Å². The molecular formula is C59H113NO8. The van der Waals surface area contributed by atoms with E-state index in [0.29, 0.717) is 6.42 Å². The summed E-state index contributed by atoms with van der Waals surface area (Å²) in [6.45, 7) is 3.80. The Labute approximate surface area is 419 Å². The number of nitrogens with one attached hydrogen (secondary N) is 1. The average molecular weight is 965 g/mol. The first-order valence-electron chi connectivity index (χ1n) is 29.6. The quantitative estimate of drug-likeness (QED) is 0.0261. The Bertz CT molecular complexity index is 1120. The highest BCUT2D eigenvalue weighted by molar-refractivity contribution is 5.76. The summed E-state index contributed by atoms with van der Waals surface area (Å²) >= 11 is 0. The number of carbonyl (C=O) groups excluding carboxylic acids is 1. The molecule has 0 aromatic carbocycles. The lowest BCUT2D eigenvalue weighted by Gasteiger charge is -2.40. The van der Waals surface area contributed by atoms with Crippen LogP contribution in [0.4, 0.5) is 0 Å². The van der Waals surface area contributed by atoms with Gasteiger partial charge in [-0.05, 0) is 32.1 Å². The molecule has 9 heteroatoms. The van der Waals surface area contributed by atoms with Gasteiger partial charge in [-0.2, -0.15) is 0 Å². The van der Waals surface area contributed by atoms with Crippen molar-refractivity contribution in [1.29, 1.82) is 0 Å². The smallest absolute Gasteiger partial charge is 0.220 e. The minimum Gasteiger partial charge on any atom is -0.394 e. The Morgan fingerprint density at radius 1 is 0.485 bits per heavy atom. The Kier molecular flexibility index (Phi) is 46.9. The lowest BCUT2D eigenvalue weighted by atomic mass is 9.99. The van der Waals surface area contributed by atoms with E-state index in [-0.39, 0.29) is 12.5 Å². The second-order valence-electron chi connectivity index (χ2n) is 20.8. The summed E-state index contributed by atoms with van der Waals surface area (Å²) in [7, 11) is 0. The standard InChI is InChI=1S/C59H113NO8/c1-3-5-7-9-11-13-15-17-19-20-21-22-23-24-25-26-27-28-29-30-31-32-33-35-36-38-40-42-44-46-48-53(62)52(51-67-59-58(66)57(65)56(64)54(50-61)68-59)60-55(63)49-47-45-43-41-39-37-34-18-16-14-12-10-8-6-4-2/h38,40,46,48,52-54,56-59,61-62,64-66H,3-37,39,41-45,47,49-51H2,1-2H3,(H,60,63)/b40-38+,48-46+. The predicted molar refractivity (Wildman–Crippen MR) is 286 cm³/mol. The first-order valence-corrected chi connectivity index (χ1v) is 29.6. The average Bonchev–Trinajstić information content (AvgIpc) is 3.34. The van der Waals surface area contributed by atoms with E-state index in [1.54, 1.807) is 6.08 Å². The SMILES string of the molecule is CCCCCCCCCCCCCCCCCCCCCCCCCC/C=C/CC/C=C/C(O)C(COC1OC(CO)C(O)C(O)C1O)NC(=O)CCCCCCCCCCCCCCCCC. The Morgan fingerprint density at radius 3 is 1.24 bits per heavy atom. The third-order valence-corrected chi connectivity index (χ3v) is 14.3. The van der Waals surface area contributed by atoms with Gasteiger partial charge >= 0.3 is 0 Å². The van der Waals surface area contributed by atoms with E-state index in [4.69, 9.17) is 9.47 Å². The van der Waals surface area contributed by atoms with Gasteiger partial charge in [-0.25, -0.2) is 0 Å². The van der Waals surface area contributed by atoms with Gasteiger partial charge in [0.1, 0.15) is 24.4 Å².